The highest BCUT2D eigenvalue weighted by molar-refractivity contribution is 6.08. The number of nitrogens with zero attached hydrogens (tertiary/aromatic N) is 4. The fourth-order valence-electron chi connectivity index (χ4n) is 6.89. The van der Waals surface area contributed by atoms with Gasteiger partial charge in [0.15, 0.2) is 5.60 Å². The maximum absolute atomic E-state index is 14.2. The van der Waals surface area contributed by atoms with Crippen LogP contribution in [0, 0.1) is 16.0 Å². The number of hydrogen-bond acceptors (Lipinski definition) is 8. The van der Waals surface area contributed by atoms with Gasteiger partial charge in [0, 0.05) is 41.6 Å². The Morgan fingerprint density at radius 2 is 1.73 bits per heavy atom. The van der Waals surface area contributed by atoms with Gasteiger partial charge in [0.2, 0.25) is 0 Å². The molecule has 6 rings (SSSR count). The van der Waals surface area contributed by atoms with Crippen LogP contribution in [0.2, 0.25) is 0 Å². The Labute approximate surface area is 261 Å². The number of carbonyl (C=O) groups is 2. The van der Waals surface area contributed by atoms with Crippen LogP contribution >= 0.6 is 0 Å². The number of hydrogen-bond donors (Lipinski definition) is 3. The Hall–Kier alpha value is -4.58. The summed E-state index contributed by atoms with van der Waals surface area (Å²) in [6, 6.07) is 21.5. The fourth-order valence-corrected chi connectivity index (χ4v) is 6.89. The fraction of sp³-hybridized carbons (Fsp3) is 0.353. The molecule has 3 aliphatic heterocycles. The molecule has 0 unspecified atom stereocenters. The lowest BCUT2D eigenvalue weighted by Crippen LogP contribution is -2.55. The molecule has 0 aliphatic carbocycles. The van der Waals surface area contributed by atoms with Crippen LogP contribution in [0.5, 0.6) is 0 Å². The standard InChI is InChI=1S/C34H37N5O6/c1-24(8-5-6-19-40)34(43)29-21-28(39(44)45)13-14-30(29)36(32(34)42)22-25-9-7-12-27(20-25)37-23-38(26-10-3-2-4-11-26)33(31(37)41)15-17-35-18-16-33/h2-5,7-14,20-21,24,35,40,43H,6,15-19,22-23H2,1H3/b8-5+/t24-,34+/m0/s1. The molecule has 2 fully saturated rings. The van der Waals surface area contributed by atoms with Crippen molar-refractivity contribution in [3.05, 3.63) is 106 Å². The molecule has 11 nitrogen and oxygen atoms in total. The molecule has 2 saturated heterocycles. The number of nitro benzene ring substituents is 1. The van der Waals surface area contributed by atoms with E-state index in [2.05, 4.69) is 10.2 Å². The third kappa shape index (κ3) is 5.16. The van der Waals surface area contributed by atoms with Crippen molar-refractivity contribution in [2.75, 3.05) is 41.1 Å². The highest BCUT2D eigenvalue weighted by Crippen LogP contribution is 2.47. The van der Waals surface area contributed by atoms with Crippen molar-refractivity contribution in [3.63, 3.8) is 0 Å². The summed E-state index contributed by atoms with van der Waals surface area (Å²) >= 11 is 0. The molecular formula is C34H37N5O6. The number of para-hydroxylation sites is 1. The molecule has 3 aliphatic rings. The Morgan fingerprint density at radius 3 is 2.44 bits per heavy atom. The molecule has 3 aromatic rings. The Bertz CT molecular complexity index is 1640. The number of nitro groups is 1. The van der Waals surface area contributed by atoms with E-state index in [0.717, 1.165) is 24.3 Å². The topological polar surface area (TPSA) is 139 Å². The third-order valence-corrected chi connectivity index (χ3v) is 9.35. The average Bonchev–Trinajstić information content (AvgIpc) is 3.45. The van der Waals surface area contributed by atoms with Gasteiger partial charge in [0.25, 0.3) is 17.5 Å². The molecule has 1 spiro atoms. The molecule has 0 radical (unpaired) electrons. The number of fused-ring (bicyclic) bond motifs is 1. The lowest BCUT2D eigenvalue weighted by molar-refractivity contribution is -0.385. The van der Waals surface area contributed by atoms with Crippen molar-refractivity contribution in [1.29, 1.82) is 0 Å². The lowest BCUT2D eigenvalue weighted by Gasteiger charge is -2.39. The van der Waals surface area contributed by atoms with Gasteiger partial charge in [0.05, 0.1) is 23.8 Å². The molecule has 234 valence electrons. The van der Waals surface area contributed by atoms with E-state index in [1.807, 2.05) is 54.6 Å². The van der Waals surface area contributed by atoms with E-state index in [1.54, 1.807) is 24.0 Å². The quantitative estimate of drug-likeness (QED) is 0.189. The van der Waals surface area contributed by atoms with E-state index in [9.17, 15) is 29.9 Å². The highest BCUT2D eigenvalue weighted by Gasteiger charge is 2.54. The molecule has 0 saturated carbocycles. The van der Waals surface area contributed by atoms with Crippen LogP contribution in [0.15, 0.2) is 84.9 Å². The summed E-state index contributed by atoms with van der Waals surface area (Å²) in [6.45, 7) is 3.56. The molecule has 3 aromatic carbocycles. The molecule has 2 amide bonds. The molecule has 11 heteroatoms. The SMILES string of the molecule is C[C@@H](/C=C/CCO)[C@]1(O)C(=O)N(Cc2cccc(N3CN(c4ccccc4)C4(CCNCC4)C3=O)c2)c2ccc([N+](=O)[O-])cc21. The van der Waals surface area contributed by atoms with Crippen molar-refractivity contribution < 1.29 is 24.7 Å². The maximum atomic E-state index is 14.2. The second-order valence-electron chi connectivity index (χ2n) is 11.9. The van der Waals surface area contributed by atoms with Crippen LogP contribution in [0.4, 0.5) is 22.7 Å². The molecular weight excluding hydrogens is 574 g/mol. The summed E-state index contributed by atoms with van der Waals surface area (Å²) in [5.74, 6) is -1.27. The van der Waals surface area contributed by atoms with E-state index in [4.69, 9.17) is 0 Å². The Balaban J connectivity index is 1.33. The summed E-state index contributed by atoms with van der Waals surface area (Å²) < 4.78 is 0. The number of rotatable bonds is 9. The average molecular weight is 612 g/mol. The molecule has 2 atom stereocenters. The van der Waals surface area contributed by atoms with Gasteiger partial charge in [-0.2, -0.15) is 0 Å². The molecule has 3 heterocycles. The van der Waals surface area contributed by atoms with Crippen molar-refractivity contribution in [2.24, 2.45) is 5.92 Å². The smallest absolute Gasteiger partial charge is 0.269 e. The van der Waals surface area contributed by atoms with Crippen LogP contribution in [-0.2, 0) is 21.7 Å². The van der Waals surface area contributed by atoms with Crippen molar-refractivity contribution >= 4 is 34.6 Å². The van der Waals surface area contributed by atoms with Crippen LogP contribution in [0.1, 0.15) is 37.3 Å². The van der Waals surface area contributed by atoms with Gasteiger partial charge in [-0.05, 0) is 68.2 Å². The van der Waals surface area contributed by atoms with Gasteiger partial charge >= 0.3 is 0 Å². The summed E-state index contributed by atoms with van der Waals surface area (Å²) in [6.07, 6.45) is 5.05. The monoisotopic (exact) mass is 611 g/mol. The lowest BCUT2D eigenvalue weighted by atomic mass is 9.82. The Kier molecular flexibility index (Phi) is 8.17. The number of carbonyl (C=O) groups excluding carboxylic acids is 2. The van der Waals surface area contributed by atoms with E-state index in [-0.39, 0.29) is 30.3 Å². The van der Waals surface area contributed by atoms with Crippen LogP contribution in [-0.4, -0.2) is 58.9 Å². The van der Waals surface area contributed by atoms with Gasteiger partial charge in [-0.25, -0.2) is 0 Å². The summed E-state index contributed by atoms with van der Waals surface area (Å²) in [5, 5.41) is 36.1. The minimum Gasteiger partial charge on any atom is -0.396 e. The first-order chi connectivity index (χ1) is 21.7. The van der Waals surface area contributed by atoms with E-state index in [0.29, 0.717) is 37.3 Å². The zero-order valence-electron chi connectivity index (χ0n) is 25.1. The number of piperidine rings is 1. The molecule has 3 N–H and O–H groups in total. The number of amides is 2. The largest absolute Gasteiger partial charge is 0.396 e. The van der Waals surface area contributed by atoms with Gasteiger partial charge in [0.1, 0.15) is 5.54 Å². The van der Waals surface area contributed by atoms with E-state index in [1.165, 1.54) is 23.1 Å². The second kappa shape index (κ2) is 12.1. The highest BCUT2D eigenvalue weighted by atomic mass is 16.6. The minimum absolute atomic E-state index is 0.0396. The summed E-state index contributed by atoms with van der Waals surface area (Å²) in [7, 11) is 0. The Morgan fingerprint density at radius 1 is 1.00 bits per heavy atom. The van der Waals surface area contributed by atoms with Crippen molar-refractivity contribution in [2.45, 2.75) is 43.9 Å². The summed E-state index contributed by atoms with van der Waals surface area (Å²) in [5.41, 5.74) is 0.0781. The van der Waals surface area contributed by atoms with Gasteiger partial charge in [-0.1, -0.05) is 49.4 Å². The number of aliphatic hydroxyl groups is 2. The van der Waals surface area contributed by atoms with Crippen LogP contribution in [0.3, 0.4) is 0 Å². The van der Waals surface area contributed by atoms with Gasteiger partial charge in [-0.15, -0.1) is 0 Å². The third-order valence-electron chi connectivity index (χ3n) is 9.35. The predicted octanol–water partition coefficient (Wildman–Crippen LogP) is 3.84. The van der Waals surface area contributed by atoms with Crippen LogP contribution in [0.25, 0.3) is 0 Å². The minimum atomic E-state index is -2.03. The number of aliphatic hydroxyl groups excluding tert-OH is 1. The van der Waals surface area contributed by atoms with Crippen molar-refractivity contribution in [3.8, 4) is 0 Å². The molecule has 0 bridgehead atoms. The van der Waals surface area contributed by atoms with E-state index < -0.39 is 27.9 Å². The van der Waals surface area contributed by atoms with Gasteiger partial charge < -0.3 is 25.3 Å². The number of non-ortho nitro benzene ring substituents is 1. The van der Waals surface area contributed by atoms with Gasteiger partial charge in [-0.3, -0.25) is 24.6 Å². The molecule has 0 aromatic heterocycles. The van der Waals surface area contributed by atoms with E-state index >= 15 is 0 Å². The number of benzene rings is 3. The first-order valence-electron chi connectivity index (χ1n) is 15.3. The first-order valence-corrected chi connectivity index (χ1v) is 15.3. The summed E-state index contributed by atoms with van der Waals surface area (Å²) in [4.78, 5) is 44.7. The number of nitrogens with one attached hydrogen (secondary N) is 1. The zero-order chi connectivity index (χ0) is 31.8. The zero-order valence-corrected chi connectivity index (χ0v) is 25.1. The van der Waals surface area contributed by atoms with Crippen molar-refractivity contribution in [1.82, 2.24) is 5.32 Å². The van der Waals surface area contributed by atoms with Crippen LogP contribution < -0.4 is 20.0 Å². The molecule has 45 heavy (non-hydrogen) atoms. The normalized spacial score (nSPS) is 21.6. The number of anilines is 3. The second-order valence-corrected chi connectivity index (χ2v) is 11.9. The maximum Gasteiger partial charge on any atom is 0.269 e. The first kappa shape index (κ1) is 30.4. The predicted molar refractivity (Wildman–Crippen MR) is 171 cm³/mol.